The van der Waals surface area contributed by atoms with Crippen molar-refractivity contribution in [2.45, 2.75) is 39.0 Å². The molecule has 2 N–H and O–H groups in total. The van der Waals surface area contributed by atoms with Crippen molar-refractivity contribution in [3.63, 3.8) is 0 Å². The van der Waals surface area contributed by atoms with Gasteiger partial charge < -0.3 is 10.6 Å². The molecular weight excluding hydrogens is 232 g/mol. The summed E-state index contributed by atoms with van der Waals surface area (Å²) in [6.07, 6.45) is 4.08. The Hall–Kier alpha value is -1.02. The molecule has 2 heteroatoms. The van der Waals surface area contributed by atoms with Crippen LogP contribution in [0.1, 0.15) is 44.6 Å². The highest BCUT2D eigenvalue weighted by molar-refractivity contribution is 5.54. The zero-order valence-electron chi connectivity index (χ0n) is 12.2. The fourth-order valence-corrected chi connectivity index (χ4v) is 3.38. The lowest BCUT2D eigenvalue weighted by atomic mass is 9.89. The maximum absolute atomic E-state index is 3.75. The maximum atomic E-state index is 3.75. The van der Waals surface area contributed by atoms with Crippen LogP contribution in [-0.2, 0) is 0 Å². The molecule has 2 nitrogen and oxygen atoms in total. The minimum Gasteiger partial charge on any atom is -0.385 e. The molecule has 0 amide bonds. The van der Waals surface area contributed by atoms with Crippen molar-refractivity contribution in [3.05, 3.63) is 29.8 Å². The molecule has 1 unspecified atom stereocenters. The molecule has 1 atom stereocenters. The number of para-hydroxylation sites is 1. The van der Waals surface area contributed by atoms with Gasteiger partial charge >= 0.3 is 0 Å². The smallest absolute Gasteiger partial charge is 0.0376 e. The fraction of sp³-hybridized carbons (Fsp3) is 0.647. The monoisotopic (exact) mass is 258 g/mol. The lowest BCUT2D eigenvalue weighted by molar-refractivity contribution is 0.333. The summed E-state index contributed by atoms with van der Waals surface area (Å²) in [5.74, 6) is 1.50. The summed E-state index contributed by atoms with van der Waals surface area (Å²) in [7, 11) is 0. The Kier molecular flexibility index (Phi) is 3.53. The molecule has 104 valence electrons. The quantitative estimate of drug-likeness (QED) is 0.843. The summed E-state index contributed by atoms with van der Waals surface area (Å²) < 4.78 is 0. The maximum Gasteiger partial charge on any atom is 0.0376 e. The molecule has 1 saturated carbocycles. The molecule has 1 heterocycles. The third kappa shape index (κ3) is 2.64. The molecule has 1 aliphatic carbocycles. The molecule has 19 heavy (non-hydrogen) atoms. The van der Waals surface area contributed by atoms with Gasteiger partial charge in [0.05, 0.1) is 0 Å². The molecule has 3 rings (SSSR count). The van der Waals surface area contributed by atoms with Crippen LogP contribution in [0.4, 0.5) is 5.69 Å². The molecule has 1 fully saturated rings. The van der Waals surface area contributed by atoms with Crippen LogP contribution in [0.2, 0.25) is 0 Å². The van der Waals surface area contributed by atoms with E-state index < -0.39 is 0 Å². The Morgan fingerprint density at radius 1 is 1.32 bits per heavy atom. The minimum atomic E-state index is 0.617. The van der Waals surface area contributed by atoms with Crippen LogP contribution in [0.3, 0.4) is 0 Å². The van der Waals surface area contributed by atoms with Crippen LogP contribution in [-0.4, -0.2) is 19.6 Å². The number of benzene rings is 1. The molecular formula is C17H26N2. The Labute approximate surface area is 117 Å². The molecule has 1 aromatic carbocycles. The van der Waals surface area contributed by atoms with Crippen LogP contribution < -0.4 is 10.6 Å². The number of hydrogen-bond donors (Lipinski definition) is 2. The van der Waals surface area contributed by atoms with E-state index in [0.29, 0.717) is 11.3 Å². The van der Waals surface area contributed by atoms with Gasteiger partial charge in [0.1, 0.15) is 0 Å². The van der Waals surface area contributed by atoms with E-state index in [2.05, 4.69) is 48.7 Å². The van der Waals surface area contributed by atoms with Crippen molar-refractivity contribution in [2.24, 2.45) is 11.3 Å². The Morgan fingerprint density at radius 3 is 2.84 bits per heavy atom. The summed E-state index contributed by atoms with van der Waals surface area (Å²) in [5, 5.41) is 7.25. The highest BCUT2D eigenvalue weighted by Crippen LogP contribution is 2.51. The number of fused-ring (bicyclic) bond motifs is 1. The molecule has 1 aromatic rings. The van der Waals surface area contributed by atoms with E-state index in [1.165, 1.54) is 37.1 Å². The molecule has 1 aliphatic heterocycles. The minimum absolute atomic E-state index is 0.617. The number of anilines is 1. The predicted molar refractivity (Wildman–Crippen MR) is 81.7 cm³/mol. The van der Waals surface area contributed by atoms with E-state index in [1.807, 2.05) is 0 Å². The highest BCUT2D eigenvalue weighted by Gasteiger charge is 2.44. The van der Waals surface area contributed by atoms with Gasteiger partial charge in [0.2, 0.25) is 0 Å². The van der Waals surface area contributed by atoms with Crippen molar-refractivity contribution in [3.8, 4) is 0 Å². The SMILES string of the molecule is CC(C)C1(CNCC2CCNc3ccccc32)CC1. The first-order valence-electron chi connectivity index (χ1n) is 7.75. The summed E-state index contributed by atoms with van der Waals surface area (Å²) >= 11 is 0. The van der Waals surface area contributed by atoms with Crippen LogP contribution in [0.5, 0.6) is 0 Å². The van der Waals surface area contributed by atoms with Gasteiger partial charge in [-0.2, -0.15) is 0 Å². The van der Waals surface area contributed by atoms with Gasteiger partial charge in [-0.05, 0) is 42.2 Å². The molecule has 2 aliphatic rings. The summed E-state index contributed by atoms with van der Waals surface area (Å²) in [5.41, 5.74) is 3.45. The molecule has 0 radical (unpaired) electrons. The van der Waals surface area contributed by atoms with Gasteiger partial charge in [0, 0.05) is 31.2 Å². The lowest BCUT2D eigenvalue weighted by Gasteiger charge is -2.28. The molecule has 0 bridgehead atoms. The third-order valence-electron chi connectivity index (χ3n) is 5.19. The Morgan fingerprint density at radius 2 is 2.11 bits per heavy atom. The van der Waals surface area contributed by atoms with Crippen molar-refractivity contribution >= 4 is 5.69 Å². The van der Waals surface area contributed by atoms with E-state index >= 15 is 0 Å². The number of rotatable bonds is 5. The van der Waals surface area contributed by atoms with Crippen molar-refractivity contribution in [2.75, 3.05) is 25.0 Å². The van der Waals surface area contributed by atoms with Gasteiger partial charge in [-0.15, -0.1) is 0 Å². The number of nitrogens with one attached hydrogen (secondary N) is 2. The normalized spacial score (nSPS) is 23.8. The zero-order valence-corrected chi connectivity index (χ0v) is 12.2. The van der Waals surface area contributed by atoms with E-state index in [9.17, 15) is 0 Å². The topological polar surface area (TPSA) is 24.1 Å². The number of hydrogen-bond acceptors (Lipinski definition) is 2. The van der Waals surface area contributed by atoms with Gasteiger partial charge in [0.15, 0.2) is 0 Å². The van der Waals surface area contributed by atoms with Crippen molar-refractivity contribution in [1.82, 2.24) is 5.32 Å². The van der Waals surface area contributed by atoms with E-state index in [-0.39, 0.29) is 0 Å². The second-order valence-corrected chi connectivity index (χ2v) is 6.65. The van der Waals surface area contributed by atoms with Gasteiger partial charge in [-0.25, -0.2) is 0 Å². The van der Waals surface area contributed by atoms with Crippen LogP contribution in [0.15, 0.2) is 24.3 Å². The average Bonchev–Trinajstić information content (AvgIpc) is 3.20. The summed E-state index contributed by atoms with van der Waals surface area (Å²) in [6, 6.07) is 8.77. The molecule has 0 aromatic heterocycles. The average molecular weight is 258 g/mol. The molecule has 0 saturated heterocycles. The standard InChI is InChI=1S/C17H26N2/c1-13(2)17(8-9-17)12-18-11-14-7-10-19-16-6-4-3-5-15(14)16/h3-6,13-14,18-19H,7-12H2,1-2H3. The van der Waals surface area contributed by atoms with Crippen molar-refractivity contribution < 1.29 is 0 Å². The van der Waals surface area contributed by atoms with Crippen molar-refractivity contribution in [1.29, 1.82) is 0 Å². The van der Waals surface area contributed by atoms with Crippen LogP contribution in [0.25, 0.3) is 0 Å². The fourth-order valence-electron chi connectivity index (χ4n) is 3.38. The van der Waals surface area contributed by atoms with Gasteiger partial charge in [-0.3, -0.25) is 0 Å². The van der Waals surface area contributed by atoms with E-state index in [1.54, 1.807) is 0 Å². The lowest BCUT2D eigenvalue weighted by Crippen LogP contribution is -2.32. The van der Waals surface area contributed by atoms with E-state index in [0.717, 1.165) is 19.0 Å². The van der Waals surface area contributed by atoms with E-state index in [4.69, 9.17) is 0 Å². The highest BCUT2D eigenvalue weighted by atomic mass is 14.9. The predicted octanol–water partition coefficient (Wildman–Crippen LogP) is 3.61. The Bertz CT molecular complexity index is 435. The first-order valence-corrected chi connectivity index (χ1v) is 7.75. The second kappa shape index (κ2) is 5.16. The summed E-state index contributed by atoms with van der Waals surface area (Å²) in [6.45, 7) is 8.19. The second-order valence-electron chi connectivity index (χ2n) is 6.65. The van der Waals surface area contributed by atoms with Crippen LogP contribution >= 0.6 is 0 Å². The Balaban J connectivity index is 1.57. The third-order valence-corrected chi connectivity index (χ3v) is 5.19. The molecule has 0 spiro atoms. The van der Waals surface area contributed by atoms with Gasteiger partial charge in [0.25, 0.3) is 0 Å². The van der Waals surface area contributed by atoms with Gasteiger partial charge in [-0.1, -0.05) is 32.0 Å². The first kappa shape index (κ1) is 13.0. The first-order chi connectivity index (χ1) is 9.21. The zero-order chi connectivity index (χ0) is 13.3. The largest absolute Gasteiger partial charge is 0.385 e. The van der Waals surface area contributed by atoms with Crippen LogP contribution in [0, 0.1) is 11.3 Å². The summed E-state index contributed by atoms with van der Waals surface area (Å²) in [4.78, 5) is 0.